The Balaban J connectivity index is 4.02. The van der Waals surface area contributed by atoms with Gasteiger partial charge in [-0.25, -0.2) is 0 Å². The number of nitrogens with two attached hydrogens (primary N) is 1. The van der Waals surface area contributed by atoms with Crippen LogP contribution in [0.3, 0.4) is 0 Å². The van der Waals surface area contributed by atoms with Gasteiger partial charge in [0.25, 0.3) is 0 Å². The maximum atomic E-state index is 12.1. The summed E-state index contributed by atoms with van der Waals surface area (Å²) in [6.45, 7) is 4.31. The van der Waals surface area contributed by atoms with Crippen LogP contribution >= 0.6 is 0 Å². The Morgan fingerprint density at radius 1 is 1.23 bits per heavy atom. The smallest absolute Gasteiger partial charge is 0.375 e. The molecule has 0 rings (SSSR count). The molecule has 0 aliphatic rings. The molecule has 80 valence electrons. The molecule has 2 nitrogen and oxygen atoms in total. The minimum atomic E-state index is -4.26. The zero-order valence-electron chi connectivity index (χ0n) is 8.11. The average molecular weight is 199 g/mol. The number of hydrogen-bond acceptors (Lipinski definition) is 2. The molecule has 0 amide bonds. The van der Waals surface area contributed by atoms with Gasteiger partial charge in [-0.1, -0.05) is 0 Å². The number of halogens is 3. The van der Waals surface area contributed by atoms with E-state index < -0.39 is 24.2 Å². The van der Waals surface area contributed by atoms with Crippen LogP contribution in [0.4, 0.5) is 13.2 Å². The molecule has 0 heterocycles. The fourth-order valence-corrected chi connectivity index (χ4v) is 0.647. The molecule has 0 radical (unpaired) electrons. The number of rotatable bonds is 3. The summed E-state index contributed by atoms with van der Waals surface area (Å²) in [5, 5.41) is 0. The van der Waals surface area contributed by atoms with Crippen molar-refractivity contribution in [3.8, 4) is 0 Å². The number of alkyl halides is 3. The molecule has 1 atom stereocenters. The molecule has 0 aliphatic carbocycles. The van der Waals surface area contributed by atoms with Crippen LogP contribution in [0.2, 0.25) is 0 Å². The Kier molecular flexibility index (Phi) is 4.19. The fourth-order valence-electron chi connectivity index (χ4n) is 0.647. The number of hydrogen-bond donors (Lipinski definition) is 1. The van der Waals surface area contributed by atoms with Gasteiger partial charge in [0.2, 0.25) is 0 Å². The van der Waals surface area contributed by atoms with E-state index in [1.807, 2.05) is 0 Å². The van der Waals surface area contributed by atoms with Crippen molar-refractivity contribution in [1.82, 2.24) is 0 Å². The molecule has 0 aliphatic heterocycles. The van der Waals surface area contributed by atoms with Crippen LogP contribution in [-0.2, 0) is 4.74 Å². The minimum absolute atomic E-state index is 0.372. The van der Waals surface area contributed by atoms with Gasteiger partial charge < -0.3 is 10.5 Å². The highest BCUT2D eigenvalue weighted by molar-refractivity contribution is 4.70. The normalized spacial score (nSPS) is 15.9. The lowest BCUT2D eigenvalue weighted by molar-refractivity contribution is -0.193. The quantitative estimate of drug-likeness (QED) is 0.753. The monoisotopic (exact) mass is 199 g/mol. The molecule has 0 aromatic heterocycles. The first-order valence-corrected chi connectivity index (χ1v) is 4.07. The molecule has 0 aromatic rings. The Morgan fingerprint density at radius 3 is 1.92 bits per heavy atom. The number of ether oxygens (including phenoxy) is 1. The second-order valence-corrected chi connectivity index (χ2v) is 3.90. The summed E-state index contributed by atoms with van der Waals surface area (Å²) in [7, 11) is 0. The summed E-state index contributed by atoms with van der Waals surface area (Å²) in [6, 6.07) is 0. The van der Waals surface area contributed by atoms with Gasteiger partial charge in [0, 0.05) is 6.54 Å². The minimum Gasteiger partial charge on any atom is -0.375 e. The second kappa shape index (κ2) is 4.28. The van der Waals surface area contributed by atoms with Gasteiger partial charge in [0.15, 0.2) is 0 Å². The van der Waals surface area contributed by atoms with E-state index in [2.05, 4.69) is 0 Å². The molecule has 0 fully saturated rings. The first-order chi connectivity index (χ1) is 5.67. The van der Waals surface area contributed by atoms with E-state index in [4.69, 9.17) is 10.5 Å². The van der Waals surface area contributed by atoms with Crippen molar-refractivity contribution in [2.24, 2.45) is 11.7 Å². The molecule has 5 heteroatoms. The van der Waals surface area contributed by atoms with Crippen molar-refractivity contribution >= 4 is 0 Å². The summed E-state index contributed by atoms with van der Waals surface area (Å²) in [5.41, 5.74) is 4.43. The third kappa shape index (κ3) is 5.87. The van der Waals surface area contributed by atoms with Gasteiger partial charge in [0.1, 0.15) is 0 Å². The Bertz CT molecular complexity index is 150. The zero-order chi connectivity index (χ0) is 10.7. The van der Waals surface area contributed by atoms with Crippen LogP contribution in [0.1, 0.15) is 20.8 Å². The van der Waals surface area contributed by atoms with Gasteiger partial charge in [-0.05, 0) is 20.8 Å². The predicted molar refractivity (Wildman–Crippen MR) is 44.3 cm³/mol. The predicted octanol–water partition coefficient (Wildman–Crippen LogP) is 1.94. The molecule has 0 bridgehead atoms. The van der Waals surface area contributed by atoms with Crippen LogP contribution in [0.5, 0.6) is 0 Å². The van der Waals surface area contributed by atoms with Gasteiger partial charge >= 0.3 is 6.18 Å². The van der Waals surface area contributed by atoms with Crippen molar-refractivity contribution in [3.63, 3.8) is 0 Å². The lowest BCUT2D eigenvalue weighted by Crippen LogP contribution is -2.36. The molecule has 13 heavy (non-hydrogen) atoms. The van der Waals surface area contributed by atoms with Crippen molar-refractivity contribution in [3.05, 3.63) is 0 Å². The Labute approximate surface area is 76.2 Å². The largest absolute Gasteiger partial charge is 0.395 e. The molecule has 0 aromatic carbocycles. The van der Waals surface area contributed by atoms with E-state index in [9.17, 15) is 13.2 Å². The summed E-state index contributed by atoms with van der Waals surface area (Å²) < 4.78 is 41.4. The van der Waals surface area contributed by atoms with Gasteiger partial charge in [0.05, 0.1) is 18.1 Å². The highest BCUT2D eigenvalue weighted by Crippen LogP contribution is 2.26. The molecule has 0 spiro atoms. The van der Waals surface area contributed by atoms with Crippen molar-refractivity contribution in [2.75, 3.05) is 13.2 Å². The first-order valence-electron chi connectivity index (χ1n) is 4.07. The van der Waals surface area contributed by atoms with Crippen LogP contribution in [0, 0.1) is 5.92 Å². The molecule has 0 saturated carbocycles. The van der Waals surface area contributed by atoms with Crippen LogP contribution in [0.15, 0.2) is 0 Å². The topological polar surface area (TPSA) is 35.2 Å². The van der Waals surface area contributed by atoms with E-state index in [1.165, 1.54) is 0 Å². The van der Waals surface area contributed by atoms with Crippen LogP contribution in [-0.4, -0.2) is 24.9 Å². The van der Waals surface area contributed by atoms with E-state index in [1.54, 1.807) is 20.8 Å². The lowest BCUT2D eigenvalue weighted by atomic mass is 10.1. The highest BCUT2D eigenvalue weighted by Gasteiger charge is 2.39. The maximum Gasteiger partial charge on any atom is 0.395 e. The Hall–Kier alpha value is -0.290. The van der Waals surface area contributed by atoms with Crippen LogP contribution in [0.25, 0.3) is 0 Å². The molecule has 2 N–H and O–H groups in total. The molecular weight excluding hydrogens is 183 g/mol. The lowest BCUT2D eigenvalue weighted by Gasteiger charge is -2.24. The first kappa shape index (κ1) is 12.7. The van der Waals surface area contributed by atoms with Crippen molar-refractivity contribution in [1.29, 1.82) is 0 Å². The maximum absolute atomic E-state index is 12.1. The van der Waals surface area contributed by atoms with Crippen molar-refractivity contribution in [2.45, 2.75) is 32.5 Å². The second-order valence-electron chi connectivity index (χ2n) is 3.90. The Morgan fingerprint density at radius 2 is 1.69 bits per heavy atom. The summed E-state index contributed by atoms with van der Waals surface area (Å²) in [5.74, 6) is -1.56. The summed E-state index contributed by atoms with van der Waals surface area (Å²) in [6.07, 6.45) is -4.26. The molecular formula is C8H16F3NO. The average Bonchev–Trinajstić information content (AvgIpc) is 1.82. The summed E-state index contributed by atoms with van der Waals surface area (Å²) in [4.78, 5) is 0. The van der Waals surface area contributed by atoms with Gasteiger partial charge in [-0.15, -0.1) is 0 Å². The van der Waals surface area contributed by atoms with Crippen LogP contribution < -0.4 is 5.73 Å². The van der Waals surface area contributed by atoms with E-state index >= 15 is 0 Å². The van der Waals surface area contributed by atoms with Crippen molar-refractivity contribution < 1.29 is 17.9 Å². The van der Waals surface area contributed by atoms with E-state index in [-0.39, 0.29) is 6.61 Å². The standard InChI is InChI=1S/C8H16F3NO/c1-7(2,3)13-5-6(4-12)8(9,10)11/h6H,4-5,12H2,1-3H3. The molecule has 0 saturated heterocycles. The zero-order valence-corrected chi connectivity index (χ0v) is 8.11. The van der Waals surface area contributed by atoms with Gasteiger partial charge in [-0.2, -0.15) is 13.2 Å². The highest BCUT2D eigenvalue weighted by atomic mass is 19.4. The summed E-state index contributed by atoms with van der Waals surface area (Å²) >= 11 is 0. The SMILES string of the molecule is CC(C)(C)OCC(CN)C(F)(F)F. The van der Waals surface area contributed by atoms with Gasteiger partial charge in [-0.3, -0.25) is 0 Å². The van der Waals surface area contributed by atoms with E-state index in [0.29, 0.717) is 0 Å². The fraction of sp³-hybridized carbons (Fsp3) is 1.00. The third-order valence-electron chi connectivity index (χ3n) is 1.46. The molecule has 1 unspecified atom stereocenters. The van der Waals surface area contributed by atoms with E-state index in [0.717, 1.165) is 0 Å². The third-order valence-corrected chi connectivity index (χ3v) is 1.46.